The van der Waals surface area contributed by atoms with E-state index in [0.717, 1.165) is 4.57 Å². The van der Waals surface area contributed by atoms with Gasteiger partial charge in [-0.2, -0.15) is 0 Å². The fourth-order valence-corrected chi connectivity index (χ4v) is 3.75. The van der Waals surface area contributed by atoms with Gasteiger partial charge in [0.15, 0.2) is 16.3 Å². The minimum Gasteiger partial charge on any atom is -0.324 e. The molecule has 0 spiro atoms. The van der Waals surface area contributed by atoms with E-state index in [1.54, 1.807) is 35.9 Å². The third kappa shape index (κ3) is 3.52. The maximum absolute atomic E-state index is 12.5. The van der Waals surface area contributed by atoms with Crippen LogP contribution in [0.25, 0.3) is 11.2 Å². The Bertz CT molecular complexity index is 1150. The summed E-state index contributed by atoms with van der Waals surface area (Å²) >= 11 is 7.24. The van der Waals surface area contributed by atoms with Gasteiger partial charge in [0.2, 0.25) is 5.91 Å². The van der Waals surface area contributed by atoms with Gasteiger partial charge in [-0.05, 0) is 19.1 Å². The predicted molar refractivity (Wildman–Crippen MR) is 107 cm³/mol. The minimum absolute atomic E-state index is 0.0861. The Morgan fingerprint density at radius 3 is 2.59 bits per heavy atom. The molecule has 1 amide bonds. The number of amides is 1. The second kappa shape index (κ2) is 7.61. The topological polar surface area (TPSA) is 90.9 Å². The van der Waals surface area contributed by atoms with E-state index in [2.05, 4.69) is 10.3 Å². The van der Waals surface area contributed by atoms with Crippen LogP contribution in [-0.2, 0) is 25.4 Å². The highest BCUT2D eigenvalue weighted by Crippen LogP contribution is 2.23. The molecule has 27 heavy (non-hydrogen) atoms. The summed E-state index contributed by atoms with van der Waals surface area (Å²) in [6.45, 7) is 2.36. The number of benzene rings is 1. The van der Waals surface area contributed by atoms with Gasteiger partial charge in [0, 0.05) is 20.6 Å². The average molecular weight is 408 g/mol. The second-order valence-corrected chi connectivity index (χ2v) is 7.18. The van der Waals surface area contributed by atoms with Crippen LogP contribution in [-0.4, -0.2) is 30.3 Å². The number of aryl methyl sites for hydroxylation is 2. The van der Waals surface area contributed by atoms with Gasteiger partial charge in [-0.1, -0.05) is 35.5 Å². The van der Waals surface area contributed by atoms with Gasteiger partial charge in [-0.25, -0.2) is 9.78 Å². The van der Waals surface area contributed by atoms with Crippen molar-refractivity contribution >= 4 is 46.1 Å². The Labute approximate surface area is 163 Å². The van der Waals surface area contributed by atoms with Gasteiger partial charge in [0.05, 0.1) is 16.5 Å². The van der Waals surface area contributed by atoms with Crippen molar-refractivity contribution in [3.8, 4) is 0 Å². The number of rotatable bonds is 5. The van der Waals surface area contributed by atoms with Crippen molar-refractivity contribution in [3.05, 3.63) is 50.1 Å². The lowest BCUT2D eigenvalue weighted by Gasteiger charge is -2.08. The SMILES string of the molecule is CCn1c(SCC(=O)Nc2ccccc2Cl)nc2c1c(=O)n(C)c(=O)n2C. The molecule has 0 saturated heterocycles. The van der Waals surface area contributed by atoms with Gasteiger partial charge in [-0.3, -0.25) is 18.7 Å². The zero-order valence-corrected chi connectivity index (χ0v) is 16.6. The molecule has 8 nitrogen and oxygen atoms in total. The van der Waals surface area contributed by atoms with Crippen molar-refractivity contribution in [2.24, 2.45) is 14.1 Å². The Morgan fingerprint density at radius 2 is 1.93 bits per heavy atom. The molecule has 0 unspecified atom stereocenters. The molecule has 0 fully saturated rings. The van der Waals surface area contributed by atoms with E-state index in [1.807, 2.05) is 6.92 Å². The van der Waals surface area contributed by atoms with E-state index in [0.29, 0.717) is 33.6 Å². The van der Waals surface area contributed by atoms with Gasteiger partial charge in [0.1, 0.15) is 0 Å². The first-order chi connectivity index (χ1) is 12.8. The van der Waals surface area contributed by atoms with Crippen LogP contribution in [0.5, 0.6) is 0 Å². The van der Waals surface area contributed by atoms with Gasteiger partial charge in [0.25, 0.3) is 5.56 Å². The number of imidazole rings is 1. The van der Waals surface area contributed by atoms with E-state index in [9.17, 15) is 14.4 Å². The molecule has 1 aromatic carbocycles. The summed E-state index contributed by atoms with van der Waals surface area (Å²) in [5.74, 6) is -0.160. The number of hydrogen-bond acceptors (Lipinski definition) is 5. The summed E-state index contributed by atoms with van der Waals surface area (Å²) in [4.78, 5) is 41.3. The highest BCUT2D eigenvalue weighted by molar-refractivity contribution is 7.99. The van der Waals surface area contributed by atoms with E-state index in [1.165, 1.54) is 23.4 Å². The number of aromatic nitrogens is 4. The normalized spacial score (nSPS) is 11.1. The van der Waals surface area contributed by atoms with Crippen LogP contribution in [0.2, 0.25) is 5.02 Å². The number of carbonyl (C=O) groups is 1. The third-order valence-electron chi connectivity index (χ3n) is 4.11. The van der Waals surface area contributed by atoms with Crippen LogP contribution in [0, 0.1) is 0 Å². The van der Waals surface area contributed by atoms with E-state index >= 15 is 0 Å². The van der Waals surface area contributed by atoms with E-state index < -0.39 is 11.2 Å². The minimum atomic E-state index is -0.443. The summed E-state index contributed by atoms with van der Waals surface area (Å²) in [5.41, 5.74) is 0.330. The zero-order valence-electron chi connectivity index (χ0n) is 15.0. The van der Waals surface area contributed by atoms with Crippen LogP contribution >= 0.6 is 23.4 Å². The van der Waals surface area contributed by atoms with Crippen molar-refractivity contribution in [1.82, 2.24) is 18.7 Å². The molecule has 0 aliphatic rings. The predicted octanol–water partition coefficient (Wildman–Crippen LogP) is 1.84. The Balaban J connectivity index is 1.89. The van der Waals surface area contributed by atoms with E-state index in [-0.39, 0.29) is 11.7 Å². The first kappa shape index (κ1) is 19.2. The fourth-order valence-electron chi connectivity index (χ4n) is 2.71. The Kier molecular flexibility index (Phi) is 5.43. The van der Waals surface area contributed by atoms with Crippen LogP contribution in [0.15, 0.2) is 39.0 Å². The van der Waals surface area contributed by atoms with Gasteiger partial charge >= 0.3 is 5.69 Å². The van der Waals surface area contributed by atoms with Crippen LogP contribution in [0.1, 0.15) is 6.92 Å². The fraction of sp³-hybridized carbons (Fsp3) is 0.294. The number of carbonyl (C=O) groups excluding carboxylic acids is 1. The first-order valence-corrected chi connectivity index (χ1v) is 9.55. The molecule has 1 N–H and O–H groups in total. The van der Waals surface area contributed by atoms with Crippen molar-refractivity contribution < 1.29 is 4.79 Å². The molecule has 0 saturated carbocycles. The van der Waals surface area contributed by atoms with Gasteiger partial charge < -0.3 is 9.88 Å². The number of halogens is 1. The molecular weight excluding hydrogens is 390 g/mol. The lowest BCUT2D eigenvalue weighted by atomic mass is 10.3. The number of nitrogens with one attached hydrogen (secondary N) is 1. The number of anilines is 1. The highest BCUT2D eigenvalue weighted by atomic mass is 35.5. The molecule has 0 radical (unpaired) electrons. The van der Waals surface area contributed by atoms with Gasteiger partial charge in [-0.15, -0.1) is 0 Å². The second-order valence-electron chi connectivity index (χ2n) is 5.83. The summed E-state index contributed by atoms with van der Waals surface area (Å²) in [7, 11) is 3.00. The molecular formula is C17H18ClN5O3S. The van der Waals surface area contributed by atoms with E-state index in [4.69, 9.17) is 11.6 Å². The molecule has 3 aromatic rings. The maximum Gasteiger partial charge on any atom is 0.332 e. The van der Waals surface area contributed by atoms with Crippen molar-refractivity contribution in [1.29, 1.82) is 0 Å². The molecule has 0 atom stereocenters. The summed E-state index contributed by atoms with van der Waals surface area (Å²) in [6.07, 6.45) is 0. The molecule has 142 valence electrons. The third-order valence-corrected chi connectivity index (χ3v) is 5.42. The zero-order chi connectivity index (χ0) is 19.7. The smallest absolute Gasteiger partial charge is 0.324 e. The molecule has 0 aliphatic carbocycles. The maximum atomic E-state index is 12.5. The summed E-state index contributed by atoms with van der Waals surface area (Å²) in [5, 5.41) is 3.70. The largest absolute Gasteiger partial charge is 0.332 e. The molecule has 0 aliphatic heterocycles. The lowest BCUT2D eigenvalue weighted by molar-refractivity contribution is -0.113. The summed E-state index contributed by atoms with van der Waals surface area (Å²) in [6, 6.07) is 6.96. The molecule has 2 aromatic heterocycles. The first-order valence-electron chi connectivity index (χ1n) is 8.18. The lowest BCUT2D eigenvalue weighted by Crippen LogP contribution is -2.37. The van der Waals surface area contributed by atoms with Crippen LogP contribution in [0.4, 0.5) is 5.69 Å². The van der Waals surface area contributed by atoms with Crippen molar-refractivity contribution in [2.75, 3.05) is 11.1 Å². The molecule has 2 heterocycles. The number of hydrogen-bond donors (Lipinski definition) is 1. The van der Waals surface area contributed by atoms with Crippen LogP contribution < -0.4 is 16.6 Å². The van der Waals surface area contributed by atoms with Crippen LogP contribution in [0.3, 0.4) is 0 Å². The highest BCUT2D eigenvalue weighted by Gasteiger charge is 2.19. The monoisotopic (exact) mass is 407 g/mol. The van der Waals surface area contributed by atoms with Crippen molar-refractivity contribution in [3.63, 3.8) is 0 Å². The Morgan fingerprint density at radius 1 is 1.22 bits per heavy atom. The standard InChI is InChI=1S/C17H18ClN5O3S/c1-4-23-13-14(21(2)17(26)22(3)15(13)25)20-16(23)27-9-12(24)19-11-8-6-5-7-10(11)18/h5-8H,4,9H2,1-3H3,(H,19,24). The number of para-hydroxylation sites is 1. The number of fused-ring (bicyclic) bond motifs is 1. The summed E-state index contributed by atoms with van der Waals surface area (Å²) < 4.78 is 4.09. The average Bonchev–Trinajstić information content (AvgIpc) is 3.03. The molecule has 0 bridgehead atoms. The molecule has 10 heteroatoms. The quantitative estimate of drug-likeness (QED) is 0.651. The molecule has 3 rings (SSSR count). The number of thioether (sulfide) groups is 1. The number of nitrogens with zero attached hydrogens (tertiary/aromatic N) is 4. The Hall–Kier alpha value is -2.52. The van der Waals surface area contributed by atoms with Crippen molar-refractivity contribution in [2.45, 2.75) is 18.6 Å².